The monoisotopic (exact) mass is 263 g/mol. The molecule has 4 nitrogen and oxygen atoms in total. The van der Waals surface area contributed by atoms with Gasteiger partial charge in [0.05, 0.1) is 20.3 Å². The Morgan fingerprint density at radius 1 is 1.26 bits per heavy atom. The summed E-state index contributed by atoms with van der Waals surface area (Å²) in [6, 6.07) is 4.31. The Labute approximate surface area is 114 Å². The summed E-state index contributed by atoms with van der Waals surface area (Å²) >= 11 is 0. The number of benzene rings is 1. The van der Waals surface area contributed by atoms with Gasteiger partial charge in [0.15, 0.2) is 11.5 Å². The van der Waals surface area contributed by atoms with Crippen LogP contribution in [0.2, 0.25) is 0 Å². The summed E-state index contributed by atoms with van der Waals surface area (Å²) in [5.41, 5.74) is 3.43. The van der Waals surface area contributed by atoms with E-state index in [1.54, 1.807) is 14.2 Å². The zero-order valence-electron chi connectivity index (χ0n) is 11.8. The van der Waals surface area contributed by atoms with Crippen molar-refractivity contribution in [3.8, 4) is 11.5 Å². The van der Waals surface area contributed by atoms with Crippen LogP contribution in [-0.2, 0) is 6.42 Å². The summed E-state index contributed by atoms with van der Waals surface area (Å²) in [6.07, 6.45) is 2.45. The molecule has 1 aliphatic rings. The first-order valence-corrected chi connectivity index (χ1v) is 6.62. The Kier molecular flexibility index (Phi) is 4.43. The SMILES string of the molecule is COc1cc2c(cc1OC)C(CCCO)=NC(C)C2. The Bertz CT molecular complexity index is 483. The van der Waals surface area contributed by atoms with Crippen molar-refractivity contribution >= 4 is 5.71 Å². The van der Waals surface area contributed by atoms with Crippen LogP contribution in [0.5, 0.6) is 11.5 Å². The molecule has 0 aromatic heterocycles. The molecule has 0 bridgehead atoms. The number of hydrogen-bond donors (Lipinski definition) is 1. The molecule has 2 rings (SSSR count). The van der Waals surface area contributed by atoms with E-state index in [-0.39, 0.29) is 12.6 Å². The minimum Gasteiger partial charge on any atom is -0.493 e. The minimum atomic E-state index is 0.190. The highest BCUT2D eigenvalue weighted by Gasteiger charge is 2.21. The van der Waals surface area contributed by atoms with Gasteiger partial charge in [-0.15, -0.1) is 0 Å². The second kappa shape index (κ2) is 6.06. The van der Waals surface area contributed by atoms with Crippen molar-refractivity contribution in [2.75, 3.05) is 20.8 Å². The third-order valence-electron chi connectivity index (χ3n) is 3.38. The molecule has 1 aromatic rings. The van der Waals surface area contributed by atoms with Crippen LogP contribution in [0.3, 0.4) is 0 Å². The van der Waals surface area contributed by atoms with Crippen molar-refractivity contribution in [3.05, 3.63) is 23.3 Å². The highest BCUT2D eigenvalue weighted by molar-refractivity contribution is 6.03. The maximum absolute atomic E-state index is 8.99. The Morgan fingerprint density at radius 2 is 1.95 bits per heavy atom. The van der Waals surface area contributed by atoms with Gasteiger partial charge in [0.25, 0.3) is 0 Å². The number of nitrogens with zero attached hydrogens (tertiary/aromatic N) is 1. The van der Waals surface area contributed by atoms with Gasteiger partial charge < -0.3 is 14.6 Å². The molecular formula is C15H21NO3. The van der Waals surface area contributed by atoms with Gasteiger partial charge in [0.1, 0.15) is 0 Å². The van der Waals surface area contributed by atoms with E-state index in [0.29, 0.717) is 0 Å². The van der Waals surface area contributed by atoms with E-state index in [1.807, 2.05) is 12.1 Å². The van der Waals surface area contributed by atoms with Crippen LogP contribution in [0.25, 0.3) is 0 Å². The lowest BCUT2D eigenvalue weighted by Gasteiger charge is -2.23. The molecule has 1 aliphatic heterocycles. The van der Waals surface area contributed by atoms with Crippen molar-refractivity contribution in [1.82, 2.24) is 0 Å². The molecule has 1 N–H and O–H groups in total. The fraction of sp³-hybridized carbons (Fsp3) is 0.533. The maximum Gasteiger partial charge on any atom is 0.161 e. The van der Waals surface area contributed by atoms with E-state index >= 15 is 0 Å². The summed E-state index contributed by atoms with van der Waals surface area (Å²) < 4.78 is 10.7. The molecular weight excluding hydrogens is 242 g/mol. The largest absolute Gasteiger partial charge is 0.493 e. The molecule has 0 fully saturated rings. The molecule has 0 saturated carbocycles. The normalized spacial score (nSPS) is 17.7. The molecule has 1 unspecified atom stereocenters. The van der Waals surface area contributed by atoms with Crippen LogP contribution >= 0.6 is 0 Å². The van der Waals surface area contributed by atoms with Crippen LogP contribution in [0.15, 0.2) is 17.1 Å². The second-order valence-electron chi connectivity index (χ2n) is 4.82. The summed E-state index contributed by atoms with van der Waals surface area (Å²) in [6.45, 7) is 2.30. The average Bonchev–Trinajstić information content (AvgIpc) is 2.43. The van der Waals surface area contributed by atoms with Gasteiger partial charge in [-0.1, -0.05) is 0 Å². The molecule has 1 aromatic carbocycles. The number of fused-ring (bicyclic) bond motifs is 1. The van der Waals surface area contributed by atoms with E-state index in [9.17, 15) is 0 Å². The van der Waals surface area contributed by atoms with Gasteiger partial charge in [0, 0.05) is 17.9 Å². The first-order chi connectivity index (χ1) is 9.19. The maximum atomic E-state index is 8.99. The zero-order valence-corrected chi connectivity index (χ0v) is 11.8. The fourth-order valence-corrected chi connectivity index (χ4v) is 2.50. The summed E-state index contributed by atoms with van der Waals surface area (Å²) in [4.78, 5) is 4.70. The van der Waals surface area contributed by atoms with Gasteiger partial charge in [-0.05, 0) is 43.9 Å². The molecule has 1 atom stereocenters. The predicted molar refractivity (Wildman–Crippen MR) is 75.6 cm³/mol. The van der Waals surface area contributed by atoms with Gasteiger partial charge >= 0.3 is 0 Å². The van der Waals surface area contributed by atoms with Gasteiger partial charge in [-0.25, -0.2) is 0 Å². The molecule has 4 heteroatoms. The van der Waals surface area contributed by atoms with E-state index in [1.165, 1.54) is 5.56 Å². The van der Waals surface area contributed by atoms with E-state index in [2.05, 4.69) is 6.92 Å². The average molecular weight is 263 g/mol. The molecule has 0 radical (unpaired) electrons. The van der Waals surface area contributed by atoms with Crippen LogP contribution in [-0.4, -0.2) is 37.7 Å². The summed E-state index contributed by atoms with van der Waals surface area (Å²) in [7, 11) is 3.29. The molecule has 104 valence electrons. The van der Waals surface area contributed by atoms with Gasteiger partial charge in [0.2, 0.25) is 0 Å². The second-order valence-corrected chi connectivity index (χ2v) is 4.82. The number of aliphatic hydroxyl groups excluding tert-OH is 1. The number of hydrogen-bond acceptors (Lipinski definition) is 4. The molecule has 1 heterocycles. The number of methoxy groups -OCH3 is 2. The quantitative estimate of drug-likeness (QED) is 0.886. The lowest BCUT2D eigenvalue weighted by atomic mass is 9.91. The van der Waals surface area contributed by atoms with Crippen molar-refractivity contribution in [3.63, 3.8) is 0 Å². The number of ether oxygens (including phenoxy) is 2. The molecule has 0 spiro atoms. The highest BCUT2D eigenvalue weighted by Crippen LogP contribution is 2.34. The first-order valence-electron chi connectivity index (χ1n) is 6.62. The van der Waals surface area contributed by atoms with Gasteiger partial charge in [-0.2, -0.15) is 0 Å². The number of aliphatic hydroxyl groups is 1. The van der Waals surface area contributed by atoms with Crippen LogP contribution in [0.1, 0.15) is 30.9 Å². The minimum absolute atomic E-state index is 0.190. The van der Waals surface area contributed by atoms with Crippen LogP contribution in [0, 0.1) is 0 Å². The summed E-state index contributed by atoms with van der Waals surface area (Å²) in [5.74, 6) is 1.49. The molecule has 0 saturated heterocycles. The van der Waals surface area contributed by atoms with Crippen molar-refractivity contribution < 1.29 is 14.6 Å². The number of aliphatic imine (C=N–C) groups is 1. The first kappa shape index (κ1) is 13.9. The zero-order chi connectivity index (χ0) is 13.8. The van der Waals surface area contributed by atoms with Crippen LogP contribution in [0.4, 0.5) is 0 Å². The van der Waals surface area contributed by atoms with E-state index < -0.39 is 0 Å². The highest BCUT2D eigenvalue weighted by atomic mass is 16.5. The Morgan fingerprint density at radius 3 is 2.58 bits per heavy atom. The smallest absolute Gasteiger partial charge is 0.161 e. The van der Waals surface area contributed by atoms with Crippen molar-refractivity contribution in [2.45, 2.75) is 32.2 Å². The lowest BCUT2D eigenvalue weighted by molar-refractivity contribution is 0.291. The van der Waals surface area contributed by atoms with Crippen LogP contribution < -0.4 is 9.47 Å². The Balaban J connectivity index is 2.42. The Hall–Kier alpha value is -1.55. The third kappa shape index (κ3) is 2.89. The predicted octanol–water partition coefficient (Wildman–Crippen LogP) is 2.21. The molecule has 0 amide bonds. The van der Waals surface area contributed by atoms with Gasteiger partial charge in [-0.3, -0.25) is 4.99 Å². The summed E-state index contributed by atoms with van der Waals surface area (Å²) in [5, 5.41) is 8.99. The number of rotatable bonds is 5. The van der Waals surface area contributed by atoms with E-state index in [0.717, 1.165) is 42.0 Å². The molecule has 0 aliphatic carbocycles. The van der Waals surface area contributed by atoms with E-state index in [4.69, 9.17) is 19.6 Å². The van der Waals surface area contributed by atoms with Crippen molar-refractivity contribution in [1.29, 1.82) is 0 Å². The fourth-order valence-electron chi connectivity index (χ4n) is 2.50. The third-order valence-corrected chi connectivity index (χ3v) is 3.38. The standard InChI is InChI=1S/C15H21NO3/c1-10-7-11-8-14(18-2)15(19-3)9-12(11)13(16-10)5-4-6-17/h8-10,17H,4-7H2,1-3H3. The van der Waals surface area contributed by atoms with Crippen molar-refractivity contribution in [2.24, 2.45) is 4.99 Å². The molecule has 19 heavy (non-hydrogen) atoms. The lowest BCUT2D eigenvalue weighted by Crippen LogP contribution is -2.19. The topological polar surface area (TPSA) is 51.0 Å².